The van der Waals surface area contributed by atoms with E-state index in [1.54, 1.807) is 30.6 Å². The number of piperidine rings is 1. The lowest BCUT2D eigenvalue weighted by Crippen LogP contribution is -2.45. The van der Waals surface area contributed by atoms with Gasteiger partial charge in [0.15, 0.2) is 0 Å². The Morgan fingerprint density at radius 2 is 2.03 bits per heavy atom. The minimum Gasteiger partial charge on any atom is -0.489 e. The molecule has 2 aromatic heterocycles. The van der Waals surface area contributed by atoms with E-state index in [4.69, 9.17) is 4.74 Å². The molecule has 1 N–H and O–H groups in total. The van der Waals surface area contributed by atoms with Crippen molar-refractivity contribution in [2.75, 3.05) is 33.7 Å². The van der Waals surface area contributed by atoms with Crippen LogP contribution in [0.2, 0.25) is 0 Å². The van der Waals surface area contributed by atoms with Crippen molar-refractivity contribution >= 4 is 16.8 Å². The summed E-state index contributed by atoms with van der Waals surface area (Å²) >= 11 is 0. The first kappa shape index (κ1) is 24.1. The maximum absolute atomic E-state index is 12.2. The Kier molecular flexibility index (Phi) is 6.84. The Hall–Kier alpha value is -3.06. The third-order valence-corrected chi connectivity index (χ3v) is 6.66. The van der Waals surface area contributed by atoms with E-state index in [2.05, 4.69) is 35.9 Å². The number of aryl methyl sites for hydroxylation is 2. The van der Waals surface area contributed by atoms with E-state index < -0.39 is 0 Å². The number of rotatable bonds is 6. The SMILES string of the molecule is Cc1cc(-c2[nH]c3ccc(O[C@H]4CCCN(CC(=O)N(C)C)C4)cc3c2C(C)C)cn(C)c1=O. The molecule has 1 saturated heterocycles. The number of fused-ring (bicyclic) bond motifs is 1. The molecule has 3 heterocycles. The van der Waals surface area contributed by atoms with Crippen molar-refractivity contribution in [2.45, 2.75) is 45.6 Å². The molecule has 7 nitrogen and oxygen atoms in total. The van der Waals surface area contributed by atoms with Gasteiger partial charge in [0.05, 0.1) is 12.2 Å². The number of aromatic nitrogens is 2. The van der Waals surface area contributed by atoms with Gasteiger partial charge in [0.25, 0.3) is 5.56 Å². The fraction of sp³-hybridized carbons (Fsp3) is 0.481. The summed E-state index contributed by atoms with van der Waals surface area (Å²) in [5, 5.41) is 1.14. The zero-order valence-corrected chi connectivity index (χ0v) is 21.1. The number of likely N-dealkylation sites (tertiary alicyclic amines) is 1. The first-order valence-electron chi connectivity index (χ1n) is 12.1. The van der Waals surface area contributed by atoms with Crippen LogP contribution in [-0.4, -0.2) is 65.1 Å². The van der Waals surface area contributed by atoms with Gasteiger partial charge in [-0.2, -0.15) is 0 Å². The lowest BCUT2D eigenvalue weighted by atomic mass is 9.96. The highest BCUT2D eigenvalue weighted by molar-refractivity contribution is 5.92. The number of nitrogens with zero attached hydrogens (tertiary/aromatic N) is 3. The Morgan fingerprint density at radius 1 is 1.26 bits per heavy atom. The van der Waals surface area contributed by atoms with Crippen LogP contribution in [0.3, 0.4) is 0 Å². The number of hydrogen-bond acceptors (Lipinski definition) is 4. The van der Waals surface area contributed by atoms with Crippen molar-refractivity contribution in [3.8, 4) is 17.0 Å². The molecule has 1 aliphatic heterocycles. The highest BCUT2D eigenvalue weighted by atomic mass is 16.5. The number of H-pyrrole nitrogens is 1. The van der Waals surface area contributed by atoms with E-state index in [0.29, 0.717) is 12.5 Å². The van der Waals surface area contributed by atoms with Crippen molar-refractivity contribution in [3.05, 3.63) is 51.9 Å². The lowest BCUT2D eigenvalue weighted by Gasteiger charge is -2.33. The van der Waals surface area contributed by atoms with Crippen LogP contribution in [0, 0.1) is 6.92 Å². The fourth-order valence-electron chi connectivity index (χ4n) is 4.89. The summed E-state index contributed by atoms with van der Waals surface area (Å²) in [6.45, 7) is 8.35. The number of hydrogen-bond donors (Lipinski definition) is 1. The molecule has 0 saturated carbocycles. The highest BCUT2D eigenvalue weighted by Gasteiger charge is 2.24. The van der Waals surface area contributed by atoms with E-state index >= 15 is 0 Å². The summed E-state index contributed by atoms with van der Waals surface area (Å²) in [6.07, 6.45) is 3.96. The molecule has 0 aliphatic carbocycles. The van der Waals surface area contributed by atoms with Gasteiger partial charge in [0.1, 0.15) is 11.9 Å². The third-order valence-electron chi connectivity index (χ3n) is 6.66. The summed E-state index contributed by atoms with van der Waals surface area (Å²) in [5.41, 5.74) is 5.09. The molecule has 1 aromatic carbocycles. The Balaban J connectivity index is 1.62. The van der Waals surface area contributed by atoms with Crippen LogP contribution < -0.4 is 10.3 Å². The predicted molar refractivity (Wildman–Crippen MR) is 137 cm³/mol. The molecule has 0 spiro atoms. The van der Waals surface area contributed by atoms with Crippen LogP contribution in [0.25, 0.3) is 22.2 Å². The minimum absolute atomic E-state index is 0.0236. The van der Waals surface area contributed by atoms with Gasteiger partial charge in [0, 0.05) is 55.9 Å². The molecular formula is C27H36N4O3. The van der Waals surface area contributed by atoms with E-state index in [1.807, 2.05) is 25.3 Å². The number of carbonyl (C=O) groups is 1. The van der Waals surface area contributed by atoms with Crippen molar-refractivity contribution < 1.29 is 9.53 Å². The summed E-state index contributed by atoms with van der Waals surface area (Å²) < 4.78 is 8.06. The molecule has 1 atom stereocenters. The molecule has 3 aromatic rings. The first-order chi connectivity index (χ1) is 16.1. The number of benzene rings is 1. The van der Waals surface area contributed by atoms with E-state index in [-0.39, 0.29) is 17.6 Å². The molecule has 182 valence electrons. The van der Waals surface area contributed by atoms with Crippen LogP contribution in [0.4, 0.5) is 0 Å². The van der Waals surface area contributed by atoms with Gasteiger partial charge >= 0.3 is 0 Å². The molecule has 1 aliphatic rings. The van der Waals surface area contributed by atoms with Crippen molar-refractivity contribution in [3.63, 3.8) is 0 Å². The number of nitrogens with one attached hydrogen (secondary N) is 1. The Labute approximate surface area is 201 Å². The summed E-state index contributed by atoms with van der Waals surface area (Å²) in [4.78, 5) is 31.7. The van der Waals surface area contributed by atoms with Crippen molar-refractivity contribution in [1.82, 2.24) is 19.4 Å². The second-order valence-electron chi connectivity index (χ2n) is 10.0. The largest absolute Gasteiger partial charge is 0.489 e. The van der Waals surface area contributed by atoms with Gasteiger partial charge in [-0.25, -0.2) is 0 Å². The van der Waals surface area contributed by atoms with Crippen LogP contribution in [-0.2, 0) is 11.8 Å². The third kappa shape index (κ3) is 4.89. The second-order valence-corrected chi connectivity index (χ2v) is 10.0. The molecule has 1 fully saturated rings. The lowest BCUT2D eigenvalue weighted by molar-refractivity contribution is -0.130. The maximum Gasteiger partial charge on any atom is 0.253 e. The van der Waals surface area contributed by atoms with Crippen LogP contribution in [0.15, 0.2) is 35.3 Å². The van der Waals surface area contributed by atoms with Crippen LogP contribution >= 0.6 is 0 Å². The zero-order chi connectivity index (χ0) is 24.6. The van der Waals surface area contributed by atoms with E-state index in [1.165, 1.54) is 5.56 Å². The van der Waals surface area contributed by atoms with Crippen LogP contribution in [0.5, 0.6) is 5.75 Å². The molecule has 1 amide bonds. The molecule has 0 bridgehead atoms. The number of pyridine rings is 1. The van der Waals surface area contributed by atoms with Crippen LogP contribution in [0.1, 0.15) is 43.7 Å². The number of aromatic amines is 1. The molecule has 4 rings (SSSR count). The monoisotopic (exact) mass is 464 g/mol. The number of ether oxygens (including phenoxy) is 1. The van der Waals surface area contributed by atoms with Gasteiger partial charge in [0.2, 0.25) is 5.91 Å². The van der Waals surface area contributed by atoms with Gasteiger partial charge in [-0.1, -0.05) is 13.8 Å². The standard InChI is InChI=1S/C27H36N4O3/c1-17(2)25-22-13-20(34-21-8-7-11-31(15-21)16-24(32)29(4)5)9-10-23(22)28-26(25)19-12-18(3)27(33)30(6)14-19/h9-10,12-14,17,21,28H,7-8,11,15-16H2,1-6H3/t21-/m0/s1. The summed E-state index contributed by atoms with van der Waals surface area (Å²) in [5.74, 6) is 1.26. The first-order valence-corrected chi connectivity index (χ1v) is 12.1. The molecule has 7 heteroatoms. The van der Waals surface area contributed by atoms with Crippen molar-refractivity contribution in [1.29, 1.82) is 0 Å². The Bertz CT molecular complexity index is 1230. The van der Waals surface area contributed by atoms with Crippen molar-refractivity contribution in [2.24, 2.45) is 7.05 Å². The topological polar surface area (TPSA) is 70.6 Å². The predicted octanol–water partition coefficient (Wildman–Crippen LogP) is 3.90. The highest BCUT2D eigenvalue weighted by Crippen LogP contribution is 2.37. The smallest absolute Gasteiger partial charge is 0.253 e. The molecule has 0 unspecified atom stereocenters. The maximum atomic E-state index is 12.2. The number of carbonyl (C=O) groups excluding carboxylic acids is 1. The second kappa shape index (κ2) is 9.66. The molecule has 0 radical (unpaired) electrons. The van der Waals surface area contributed by atoms with E-state index in [0.717, 1.165) is 59.4 Å². The summed E-state index contributed by atoms with van der Waals surface area (Å²) in [6, 6.07) is 8.18. The Morgan fingerprint density at radius 3 is 2.71 bits per heavy atom. The number of likely N-dealkylation sites (N-methyl/N-ethyl adjacent to an activating group) is 1. The van der Waals surface area contributed by atoms with Gasteiger partial charge in [-0.3, -0.25) is 14.5 Å². The van der Waals surface area contributed by atoms with E-state index in [9.17, 15) is 9.59 Å². The molecule has 34 heavy (non-hydrogen) atoms. The zero-order valence-electron chi connectivity index (χ0n) is 21.1. The normalized spacial score (nSPS) is 16.9. The molecular weight excluding hydrogens is 428 g/mol. The fourth-order valence-corrected chi connectivity index (χ4v) is 4.89. The van der Waals surface area contributed by atoms with Gasteiger partial charge in [-0.15, -0.1) is 0 Å². The minimum atomic E-state index is 0.0236. The number of amides is 1. The average Bonchev–Trinajstić information content (AvgIpc) is 3.16. The average molecular weight is 465 g/mol. The quantitative estimate of drug-likeness (QED) is 0.601. The summed E-state index contributed by atoms with van der Waals surface area (Å²) in [7, 11) is 5.38. The van der Waals surface area contributed by atoms with Gasteiger partial charge in [-0.05, 0) is 62.1 Å². The van der Waals surface area contributed by atoms with Gasteiger partial charge < -0.3 is 19.2 Å².